The summed E-state index contributed by atoms with van der Waals surface area (Å²) in [6, 6.07) is 9.57. The van der Waals surface area contributed by atoms with Crippen LogP contribution in [-0.2, 0) is 11.4 Å². The fraction of sp³-hybridized carbons (Fsp3) is 0.214. The van der Waals surface area contributed by atoms with Crippen molar-refractivity contribution in [1.29, 1.82) is 0 Å². The van der Waals surface area contributed by atoms with Crippen LogP contribution in [0.2, 0.25) is 0 Å². The zero-order valence-corrected chi connectivity index (χ0v) is 12.1. The second-order valence-electron chi connectivity index (χ2n) is 4.02. The van der Waals surface area contributed by atoms with Crippen LogP contribution in [0, 0.1) is 0 Å². The van der Waals surface area contributed by atoms with Gasteiger partial charge in [0.05, 0.1) is 20.8 Å². The molecule has 106 valence electrons. The first-order chi connectivity index (χ1) is 9.72. The third-order valence-corrected chi connectivity index (χ3v) is 3.63. The SMILES string of the molecule is CONC(=O)NCc1cc(-c2ccc(OC)cc2)cs1. The average molecular weight is 292 g/mol. The van der Waals surface area contributed by atoms with Gasteiger partial charge in [-0.1, -0.05) is 12.1 Å². The number of amides is 2. The summed E-state index contributed by atoms with van der Waals surface area (Å²) in [5.74, 6) is 0.835. The van der Waals surface area contributed by atoms with Crippen molar-refractivity contribution in [3.8, 4) is 16.9 Å². The number of hydrogen-bond donors (Lipinski definition) is 2. The number of carbonyl (C=O) groups is 1. The second-order valence-corrected chi connectivity index (χ2v) is 5.01. The van der Waals surface area contributed by atoms with Gasteiger partial charge in [-0.2, -0.15) is 0 Å². The standard InChI is InChI=1S/C14H16N2O3S/c1-18-12-5-3-10(4-6-12)11-7-13(20-9-11)8-15-14(17)16-19-2/h3-7,9H,8H2,1-2H3,(H2,15,16,17). The predicted molar refractivity (Wildman–Crippen MR) is 78.7 cm³/mol. The number of ether oxygens (including phenoxy) is 1. The summed E-state index contributed by atoms with van der Waals surface area (Å²) in [5, 5.41) is 4.76. The highest BCUT2D eigenvalue weighted by Crippen LogP contribution is 2.27. The lowest BCUT2D eigenvalue weighted by atomic mass is 10.1. The van der Waals surface area contributed by atoms with Crippen LogP contribution < -0.4 is 15.5 Å². The zero-order valence-electron chi connectivity index (χ0n) is 11.3. The third kappa shape index (κ3) is 3.72. The lowest BCUT2D eigenvalue weighted by Crippen LogP contribution is -2.33. The molecule has 1 heterocycles. The molecule has 2 rings (SSSR count). The van der Waals surface area contributed by atoms with Crippen molar-refractivity contribution in [1.82, 2.24) is 10.8 Å². The van der Waals surface area contributed by atoms with Gasteiger partial charge in [-0.25, -0.2) is 10.3 Å². The first kappa shape index (κ1) is 14.4. The Balaban J connectivity index is 1.99. The molecule has 20 heavy (non-hydrogen) atoms. The summed E-state index contributed by atoms with van der Waals surface area (Å²) in [6.07, 6.45) is 0. The molecule has 0 aliphatic rings. The van der Waals surface area contributed by atoms with Gasteiger partial charge in [0.2, 0.25) is 0 Å². The second kappa shape index (κ2) is 6.93. The summed E-state index contributed by atoms with van der Waals surface area (Å²) < 4.78 is 5.13. The van der Waals surface area contributed by atoms with Gasteiger partial charge in [-0.3, -0.25) is 4.84 Å². The first-order valence-corrected chi connectivity index (χ1v) is 6.89. The molecule has 2 N–H and O–H groups in total. The van der Waals surface area contributed by atoms with Gasteiger partial charge in [0.15, 0.2) is 0 Å². The number of thiophene rings is 1. The molecule has 1 aromatic carbocycles. The van der Waals surface area contributed by atoms with Crippen LogP contribution in [0.3, 0.4) is 0 Å². The van der Waals surface area contributed by atoms with Crippen LogP contribution in [0.1, 0.15) is 4.88 Å². The van der Waals surface area contributed by atoms with Crippen LogP contribution in [0.15, 0.2) is 35.7 Å². The lowest BCUT2D eigenvalue weighted by Gasteiger charge is -2.03. The van der Waals surface area contributed by atoms with Gasteiger partial charge < -0.3 is 10.1 Å². The summed E-state index contributed by atoms with van der Waals surface area (Å²) >= 11 is 1.60. The van der Waals surface area contributed by atoms with Gasteiger partial charge >= 0.3 is 6.03 Å². The molecule has 0 aliphatic heterocycles. The molecule has 0 bridgehead atoms. The Labute approximate surface area is 121 Å². The summed E-state index contributed by atoms with van der Waals surface area (Å²) in [6.45, 7) is 0.468. The maximum absolute atomic E-state index is 11.2. The number of nitrogens with one attached hydrogen (secondary N) is 2. The van der Waals surface area contributed by atoms with E-state index in [0.717, 1.165) is 21.8 Å². The Kier molecular flexibility index (Phi) is 4.97. The number of methoxy groups -OCH3 is 1. The average Bonchev–Trinajstić information content (AvgIpc) is 2.94. The number of benzene rings is 1. The maximum atomic E-state index is 11.2. The number of rotatable bonds is 5. The highest BCUT2D eigenvalue weighted by Gasteiger charge is 2.05. The molecule has 1 aromatic heterocycles. The lowest BCUT2D eigenvalue weighted by molar-refractivity contribution is 0.107. The minimum Gasteiger partial charge on any atom is -0.497 e. The number of carbonyl (C=O) groups excluding carboxylic acids is 1. The fourth-order valence-electron chi connectivity index (χ4n) is 1.70. The van der Waals surface area contributed by atoms with Gasteiger partial charge in [0.1, 0.15) is 5.75 Å². The first-order valence-electron chi connectivity index (χ1n) is 6.01. The minimum atomic E-state index is -0.355. The van der Waals surface area contributed by atoms with Crippen LogP contribution >= 0.6 is 11.3 Å². The largest absolute Gasteiger partial charge is 0.497 e. The molecule has 0 radical (unpaired) electrons. The molecular formula is C14H16N2O3S. The topological polar surface area (TPSA) is 59.6 Å². The number of hydroxylamine groups is 1. The van der Waals surface area contributed by atoms with E-state index in [0.29, 0.717) is 6.54 Å². The normalized spacial score (nSPS) is 10.1. The number of urea groups is 1. The van der Waals surface area contributed by atoms with Crippen molar-refractivity contribution in [2.24, 2.45) is 0 Å². The molecule has 0 atom stereocenters. The quantitative estimate of drug-likeness (QED) is 0.833. The number of hydrogen-bond acceptors (Lipinski definition) is 4. The van der Waals surface area contributed by atoms with Gasteiger partial charge in [0.25, 0.3) is 0 Å². The maximum Gasteiger partial charge on any atom is 0.338 e. The van der Waals surface area contributed by atoms with Gasteiger partial charge in [0, 0.05) is 4.88 Å². The fourth-order valence-corrected chi connectivity index (χ4v) is 2.54. The van der Waals surface area contributed by atoms with Crippen LogP contribution in [0.5, 0.6) is 5.75 Å². The Hall–Kier alpha value is -2.05. The van der Waals surface area contributed by atoms with E-state index in [-0.39, 0.29) is 6.03 Å². The molecule has 0 spiro atoms. The highest BCUT2D eigenvalue weighted by atomic mass is 32.1. The molecule has 0 aliphatic carbocycles. The third-order valence-electron chi connectivity index (χ3n) is 2.70. The Morgan fingerprint density at radius 3 is 2.60 bits per heavy atom. The van der Waals surface area contributed by atoms with E-state index in [2.05, 4.69) is 27.1 Å². The van der Waals surface area contributed by atoms with Crippen LogP contribution in [0.25, 0.3) is 11.1 Å². The van der Waals surface area contributed by atoms with E-state index in [1.807, 2.05) is 24.3 Å². The van der Waals surface area contributed by atoms with E-state index >= 15 is 0 Å². The Morgan fingerprint density at radius 2 is 1.95 bits per heavy atom. The molecule has 0 saturated carbocycles. The predicted octanol–water partition coefficient (Wildman–Crippen LogP) is 2.78. The highest BCUT2D eigenvalue weighted by molar-refractivity contribution is 7.10. The van der Waals surface area contributed by atoms with Crippen molar-refractivity contribution in [2.75, 3.05) is 14.2 Å². The van der Waals surface area contributed by atoms with E-state index < -0.39 is 0 Å². The zero-order chi connectivity index (χ0) is 14.4. The molecule has 5 nitrogen and oxygen atoms in total. The monoisotopic (exact) mass is 292 g/mol. The Morgan fingerprint density at radius 1 is 1.20 bits per heavy atom. The summed E-state index contributed by atoms with van der Waals surface area (Å²) in [5.41, 5.74) is 4.45. The van der Waals surface area contributed by atoms with Crippen LogP contribution in [0.4, 0.5) is 4.79 Å². The van der Waals surface area contributed by atoms with Gasteiger partial charge in [-0.05, 0) is 34.7 Å². The minimum absolute atomic E-state index is 0.355. The van der Waals surface area contributed by atoms with Crippen molar-refractivity contribution in [2.45, 2.75) is 6.54 Å². The molecule has 0 saturated heterocycles. The van der Waals surface area contributed by atoms with E-state index in [9.17, 15) is 4.79 Å². The van der Waals surface area contributed by atoms with Crippen molar-refractivity contribution >= 4 is 17.4 Å². The van der Waals surface area contributed by atoms with E-state index in [4.69, 9.17) is 4.74 Å². The Bertz CT molecular complexity index is 566. The van der Waals surface area contributed by atoms with Crippen molar-refractivity contribution in [3.63, 3.8) is 0 Å². The van der Waals surface area contributed by atoms with E-state index in [1.165, 1.54) is 7.11 Å². The molecule has 2 amide bonds. The molecule has 2 aromatic rings. The molecular weight excluding hydrogens is 276 g/mol. The molecule has 0 unspecified atom stereocenters. The van der Waals surface area contributed by atoms with Crippen LogP contribution in [-0.4, -0.2) is 20.3 Å². The van der Waals surface area contributed by atoms with Crippen molar-refractivity contribution < 1.29 is 14.4 Å². The summed E-state index contributed by atoms with van der Waals surface area (Å²) in [7, 11) is 3.04. The van der Waals surface area contributed by atoms with E-state index in [1.54, 1.807) is 18.4 Å². The van der Waals surface area contributed by atoms with Gasteiger partial charge in [-0.15, -0.1) is 11.3 Å². The molecule has 0 fully saturated rings. The van der Waals surface area contributed by atoms with Crippen molar-refractivity contribution in [3.05, 3.63) is 40.6 Å². The smallest absolute Gasteiger partial charge is 0.338 e. The molecule has 6 heteroatoms. The summed E-state index contributed by atoms with van der Waals surface area (Å²) in [4.78, 5) is 16.8.